The molecule has 0 bridgehead atoms. The van der Waals surface area contributed by atoms with Gasteiger partial charge in [-0.1, -0.05) is 5.21 Å². The van der Waals surface area contributed by atoms with Gasteiger partial charge in [0.25, 0.3) is 0 Å². The van der Waals surface area contributed by atoms with Crippen LogP contribution in [-0.2, 0) is 13.6 Å². The first-order chi connectivity index (χ1) is 6.24. The first-order valence-corrected chi connectivity index (χ1v) is 4.90. The molecule has 5 heteroatoms. The highest BCUT2D eigenvalue weighted by Gasteiger charge is 2.26. The Morgan fingerprint density at radius 1 is 1.69 bits per heavy atom. The molecule has 0 amide bonds. The second kappa shape index (κ2) is 3.64. The number of aromatic nitrogens is 3. The van der Waals surface area contributed by atoms with Crippen LogP contribution in [0.2, 0.25) is 0 Å². The molecule has 13 heavy (non-hydrogen) atoms. The van der Waals surface area contributed by atoms with E-state index in [-0.39, 0.29) is 0 Å². The summed E-state index contributed by atoms with van der Waals surface area (Å²) >= 11 is 5.86. The monoisotopic (exact) mass is 200 g/mol. The molecular formula is C8H13ClN4. The molecule has 0 atom stereocenters. The topological polar surface area (TPSA) is 42.7 Å². The molecular weight excluding hydrogens is 188 g/mol. The lowest BCUT2D eigenvalue weighted by Crippen LogP contribution is -2.41. The van der Waals surface area contributed by atoms with E-state index in [1.165, 1.54) is 0 Å². The van der Waals surface area contributed by atoms with Gasteiger partial charge in [0.15, 0.2) is 0 Å². The van der Waals surface area contributed by atoms with Gasteiger partial charge >= 0.3 is 0 Å². The van der Waals surface area contributed by atoms with Crippen molar-refractivity contribution in [2.75, 3.05) is 0 Å². The number of halogens is 1. The van der Waals surface area contributed by atoms with E-state index in [2.05, 4.69) is 15.6 Å². The van der Waals surface area contributed by atoms with Crippen molar-refractivity contribution in [2.45, 2.75) is 30.8 Å². The normalized spacial score (nSPS) is 27.2. The van der Waals surface area contributed by atoms with Gasteiger partial charge in [-0.05, 0) is 12.8 Å². The fourth-order valence-corrected chi connectivity index (χ4v) is 1.87. The van der Waals surface area contributed by atoms with Gasteiger partial charge in [-0.15, -0.1) is 16.7 Å². The molecule has 72 valence electrons. The van der Waals surface area contributed by atoms with E-state index in [1.54, 1.807) is 4.68 Å². The molecule has 1 aromatic rings. The minimum atomic E-state index is 0.374. The van der Waals surface area contributed by atoms with Crippen molar-refractivity contribution in [2.24, 2.45) is 7.05 Å². The second-order valence-electron chi connectivity index (χ2n) is 3.53. The van der Waals surface area contributed by atoms with Gasteiger partial charge in [0.1, 0.15) is 0 Å². The SMILES string of the molecule is Cn1cc(CNC2CC(Cl)C2)nn1. The first kappa shape index (κ1) is 8.97. The summed E-state index contributed by atoms with van der Waals surface area (Å²) in [5.41, 5.74) is 0.987. The highest BCUT2D eigenvalue weighted by molar-refractivity contribution is 6.21. The van der Waals surface area contributed by atoms with Crippen molar-refractivity contribution in [3.05, 3.63) is 11.9 Å². The third-order valence-corrected chi connectivity index (χ3v) is 2.66. The summed E-state index contributed by atoms with van der Waals surface area (Å²) in [6.45, 7) is 0.794. The van der Waals surface area contributed by atoms with E-state index in [0.717, 1.165) is 25.1 Å². The number of nitrogens with zero attached hydrogens (tertiary/aromatic N) is 3. The van der Waals surface area contributed by atoms with Crippen LogP contribution < -0.4 is 5.32 Å². The van der Waals surface area contributed by atoms with Crippen molar-refractivity contribution in [1.29, 1.82) is 0 Å². The number of aryl methyl sites for hydroxylation is 1. The average molecular weight is 201 g/mol. The van der Waals surface area contributed by atoms with Crippen LogP contribution in [-0.4, -0.2) is 26.4 Å². The lowest BCUT2D eigenvalue weighted by atomic mass is 9.92. The van der Waals surface area contributed by atoms with Crippen LogP contribution in [0.1, 0.15) is 18.5 Å². The number of hydrogen-bond acceptors (Lipinski definition) is 3. The molecule has 1 aliphatic carbocycles. The summed E-state index contributed by atoms with van der Waals surface area (Å²) in [5.74, 6) is 0. The molecule has 0 unspecified atom stereocenters. The smallest absolute Gasteiger partial charge is 0.0964 e. The summed E-state index contributed by atoms with van der Waals surface area (Å²) in [5, 5.41) is 11.6. The molecule has 1 aromatic heterocycles. The molecule has 1 heterocycles. The maximum Gasteiger partial charge on any atom is 0.0964 e. The summed E-state index contributed by atoms with van der Waals surface area (Å²) < 4.78 is 1.71. The summed E-state index contributed by atoms with van der Waals surface area (Å²) in [4.78, 5) is 0. The van der Waals surface area contributed by atoms with E-state index in [1.807, 2.05) is 13.2 Å². The van der Waals surface area contributed by atoms with Gasteiger partial charge < -0.3 is 5.32 Å². The number of hydrogen-bond donors (Lipinski definition) is 1. The predicted molar refractivity (Wildman–Crippen MR) is 50.5 cm³/mol. The van der Waals surface area contributed by atoms with Crippen molar-refractivity contribution in [3.8, 4) is 0 Å². The van der Waals surface area contributed by atoms with Crippen LogP contribution in [0.3, 0.4) is 0 Å². The molecule has 0 radical (unpaired) electrons. The van der Waals surface area contributed by atoms with Crippen LogP contribution in [0.4, 0.5) is 0 Å². The van der Waals surface area contributed by atoms with Gasteiger partial charge in [0.05, 0.1) is 5.69 Å². The van der Waals surface area contributed by atoms with Gasteiger partial charge in [-0.2, -0.15) is 0 Å². The zero-order valence-electron chi connectivity index (χ0n) is 7.57. The van der Waals surface area contributed by atoms with Crippen molar-refractivity contribution in [3.63, 3.8) is 0 Å². The minimum absolute atomic E-state index is 0.374. The van der Waals surface area contributed by atoms with E-state index in [9.17, 15) is 0 Å². The molecule has 0 spiro atoms. The van der Waals surface area contributed by atoms with E-state index in [0.29, 0.717) is 11.4 Å². The van der Waals surface area contributed by atoms with E-state index in [4.69, 9.17) is 11.6 Å². The largest absolute Gasteiger partial charge is 0.308 e. The summed E-state index contributed by atoms with van der Waals surface area (Å²) in [6.07, 6.45) is 4.06. The second-order valence-corrected chi connectivity index (χ2v) is 4.15. The fourth-order valence-electron chi connectivity index (χ4n) is 1.44. The van der Waals surface area contributed by atoms with Gasteiger partial charge in [-0.25, -0.2) is 0 Å². The average Bonchev–Trinajstić information content (AvgIpc) is 2.43. The van der Waals surface area contributed by atoms with Crippen LogP contribution in [0.5, 0.6) is 0 Å². The molecule has 1 N–H and O–H groups in total. The van der Waals surface area contributed by atoms with E-state index < -0.39 is 0 Å². The van der Waals surface area contributed by atoms with Crippen LogP contribution in [0, 0.1) is 0 Å². The minimum Gasteiger partial charge on any atom is -0.308 e. The standard InChI is InChI=1S/C8H13ClN4/c1-13-5-8(11-12-13)4-10-7-2-6(9)3-7/h5-7,10H,2-4H2,1H3. The lowest BCUT2D eigenvalue weighted by Gasteiger charge is -2.31. The lowest BCUT2D eigenvalue weighted by molar-refractivity contribution is 0.343. The Morgan fingerprint density at radius 3 is 3.00 bits per heavy atom. The van der Waals surface area contributed by atoms with Crippen molar-refractivity contribution in [1.82, 2.24) is 20.3 Å². The number of alkyl halides is 1. The van der Waals surface area contributed by atoms with Gasteiger partial charge in [-0.3, -0.25) is 4.68 Å². The number of rotatable bonds is 3. The summed E-state index contributed by atoms with van der Waals surface area (Å²) in [7, 11) is 1.87. The third-order valence-electron chi connectivity index (χ3n) is 2.30. The fraction of sp³-hybridized carbons (Fsp3) is 0.750. The van der Waals surface area contributed by atoms with Crippen molar-refractivity contribution >= 4 is 11.6 Å². The summed E-state index contributed by atoms with van der Waals surface area (Å²) in [6, 6.07) is 0.574. The molecule has 4 nitrogen and oxygen atoms in total. The Bertz CT molecular complexity index is 279. The molecule has 1 fully saturated rings. The Labute approximate surface area is 82.3 Å². The highest BCUT2D eigenvalue weighted by atomic mass is 35.5. The van der Waals surface area contributed by atoms with E-state index >= 15 is 0 Å². The molecule has 1 saturated carbocycles. The maximum atomic E-state index is 5.86. The van der Waals surface area contributed by atoms with Gasteiger partial charge in [0.2, 0.25) is 0 Å². The molecule has 2 rings (SSSR count). The zero-order valence-corrected chi connectivity index (χ0v) is 8.33. The quantitative estimate of drug-likeness (QED) is 0.730. The molecule has 0 saturated heterocycles. The molecule has 0 aromatic carbocycles. The predicted octanol–water partition coefficient (Wildman–Crippen LogP) is 0.674. The Balaban J connectivity index is 1.74. The maximum absolute atomic E-state index is 5.86. The first-order valence-electron chi connectivity index (χ1n) is 4.46. The molecule has 0 aliphatic heterocycles. The number of nitrogens with one attached hydrogen (secondary N) is 1. The van der Waals surface area contributed by atoms with Crippen LogP contribution in [0.25, 0.3) is 0 Å². The third kappa shape index (κ3) is 2.19. The van der Waals surface area contributed by atoms with Gasteiger partial charge in [0, 0.05) is 31.2 Å². The Kier molecular flexibility index (Phi) is 2.51. The Morgan fingerprint density at radius 2 is 2.46 bits per heavy atom. The zero-order chi connectivity index (χ0) is 9.26. The van der Waals surface area contributed by atoms with Crippen LogP contribution >= 0.6 is 11.6 Å². The highest BCUT2D eigenvalue weighted by Crippen LogP contribution is 2.25. The van der Waals surface area contributed by atoms with Crippen LogP contribution in [0.15, 0.2) is 6.20 Å². The molecule has 1 aliphatic rings. The Hall–Kier alpha value is -0.610. The van der Waals surface area contributed by atoms with Crippen molar-refractivity contribution < 1.29 is 0 Å².